The number of hydrogen-bond donors (Lipinski definition) is 1. The Morgan fingerprint density at radius 2 is 1.91 bits per heavy atom. The van der Waals surface area contributed by atoms with Crippen LogP contribution in [-0.4, -0.2) is 68.3 Å². The molecule has 0 radical (unpaired) electrons. The van der Waals surface area contributed by atoms with Crippen LogP contribution in [0.25, 0.3) is 0 Å². The van der Waals surface area contributed by atoms with E-state index >= 15 is 0 Å². The number of ether oxygens (including phenoxy) is 1. The lowest BCUT2D eigenvalue weighted by molar-refractivity contribution is -0.121. The third kappa shape index (κ3) is 4.93. The molecule has 35 heavy (non-hydrogen) atoms. The van der Waals surface area contributed by atoms with Gasteiger partial charge in [-0.25, -0.2) is 4.39 Å². The molecule has 7 heteroatoms. The number of halogens is 1. The number of nitrogens with one attached hydrogen (secondary N) is 1. The molecule has 3 unspecified atom stereocenters. The van der Waals surface area contributed by atoms with E-state index in [1.54, 1.807) is 4.90 Å². The maximum atomic E-state index is 13.4. The zero-order chi connectivity index (χ0) is 24.4. The smallest absolute Gasteiger partial charge is 0.254 e. The second kappa shape index (κ2) is 10.9. The lowest BCUT2D eigenvalue weighted by Gasteiger charge is -2.45. The Balaban J connectivity index is 1.38. The Morgan fingerprint density at radius 3 is 2.60 bits per heavy atom. The maximum absolute atomic E-state index is 13.4. The minimum atomic E-state index is -0.606. The number of carbonyl (C=O) groups excluding carboxylic acids is 2. The molecule has 1 N–H and O–H groups in total. The molecule has 0 spiro atoms. The predicted molar refractivity (Wildman–Crippen MR) is 135 cm³/mol. The standard InChI is InChI=1S/C28H40FN3O3/c1-2-31(18-27(33)30-13-12-29)28(34)21-7-9-26-24(17-21)23-16-20(19-10-14-35-15-11-19)6-8-25(23)32(26)22-4-3-5-22/h7,9,17,19-20,22-23,25H,2-6,8,10-16,18H2,1H3,(H,30,33). The summed E-state index contributed by atoms with van der Waals surface area (Å²) in [5.74, 6) is 1.53. The van der Waals surface area contributed by atoms with E-state index in [1.165, 1.54) is 62.6 Å². The number of fused-ring (bicyclic) bond motifs is 3. The van der Waals surface area contributed by atoms with Gasteiger partial charge in [-0.1, -0.05) is 0 Å². The van der Waals surface area contributed by atoms with Crippen molar-refractivity contribution in [2.45, 2.75) is 76.3 Å². The van der Waals surface area contributed by atoms with Crippen LogP contribution in [0.3, 0.4) is 0 Å². The Bertz CT molecular complexity index is 915. The van der Waals surface area contributed by atoms with Crippen molar-refractivity contribution in [3.05, 3.63) is 29.3 Å². The van der Waals surface area contributed by atoms with Gasteiger partial charge >= 0.3 is 0 Å². The van der Waals surface area contributed by atoms with Gasteiger partial charge in [-0.15, -0.1) is 0 Å². The Morgan fingerprint density at radius 1 is 1.11 bits per heavy atom. The summed E-state index contributed by atoms with van der Waals surface area (Å²) in [5, 5.41) is 2.53. The summed E-state index contributed by atoms with van der Waals surface area (Å²) >= 11 is 0. The van der Waals surface area contributed by atoms with Gasteiger partial charge in [0.2, 0.25) is 5.91 Å². The molecule has 1 saturated heterocycles. The molecular formula is C28H40FN3O3. The molecule has 3 fully saturated rings. The Kier molecular flexibility index (Phi) is 7.61. The highest BCUT2D eigenvalue weighted by molar-refractivity contribution is 5.97. The molecule has 2 aliphatic carbocycles. The topological polar surface area (TPSA) is 61.9 Å². The minimum absolute atomic E-state index is 0.0161. The van der Waals surface area contributed by atoms with E-state index in [-0.39, 0.29) is 24.9 Å². The molecule has 2 saturated carbocycles. The van der Waals surface area contributed by atoms with Gasteiger partial charge < -0.3 is 19.9 Å². The minimum Gasteiger partial charge on any atom is -0.381 e. The summed E-state index contributed by atoms with van der Waals surface area (Å²) in [6.07, 6.45) is 9.93. The van der Waals surface area contributed by atoms with Crippen LogP contribution < -0.4 is 10.2 Å². The molecule has 6 nitrogen and oxygen atoms in total. The zero-order valence-corrected chi connectivity index (χ0v) is 21.0. The molecule has 1 aromatic carbocycles. The van der Waals surface area contributed by atoms with Crippen molar-refractivity contribution in [1.29, 1.82) is 0 Å². The van der Waals surface area contributed by atoms with Gasteiger partial charge in [0, 0.05) is 55.6 Å². The predicted octanol–water partition coefficient (Wildman–Crippen LogP) is 4.29. The van der Waals surface area contributed by atoms with Crippen molar-refractivity contribution in [3.63, 3.8) is 0 Å². The van der Waals surface area contributed by atoms with Gasteiger partial charge in [0.05, 0.1) is 6.54 Å². The van der Waals surface area contributed by atoms with Crippen LogP contribution in [0.5, 0.6) is 0 Å². The number of nitrogens with zero attached hydrogens (tertiary/aromatic N) is 2. The number of likely N-dealkylation sites (N-methyl/N-ethyl adjacent to an activating group) is 1. The van der Waals surface area contributed by atoms with E-state index in [9.17, 15) is 14.0 Å². The average molecular weight is 486 g/mol. The number of carbonyl (C=O) groups is 2. The van der Waals surface area contributed by atoms with Crippen molar-refractivity contribution in [2.75, 3.05) is 44.4 Å². The molecule has 2 amide bonds. The first-order chi connectivity index (χ1) is 17.1. The molecule has 192 valence electrons. The van der Waals surface area contributed by atoms with E-state index in [4.69, 9.17) is 4.74 Å². The van der Waals surface area contributed by atoms with Crippen molar-refractivity contribution in [3.8, 4) is 0 Å². The second-order valence-electron chi connectivity index (χ2n) is 10.8. The fourth-order valence-corrected chi connectivity index (χ4v) is 6.93. The largest absolute Gasteiger partial charge is 0.381 e. The summed E-state index contributed by atoms with van der Waals surface area (Å²) < 4.78 is 18.0. The SMILES string of the molecule is CCN(CC(=O)NCCF)C(=O)c1ccc2c(c1)C1CC(C3CCOCC3)CCC1N2C1CCC1. The third-order valence-corrected chi connectivity index (χ3v) is 8.98. The molecule has 2 heterocycles. The molecule has 4 aliphatic rings. The van der Waals surface area contributed by atoms with E-state index in [0.717, 1.165) is 25.0 Å². The highest BCUT2D eigenvalue weighted by Gasteiger charge is 2.47. The molecule has 3 atom stereocenters. The highest BCUT2D eigenvalue weighted by Crippen LogP contribution is 2.54. The van der Waals surface area contributed by atoms with Crippen LogP contribution in [0.2, 0.25) is 0 Å². The number of alkyl halides is 1. The number of rotatable bonds is 8. The van der Waals surface area contributed by atoms with Crippen molar-refractivity contribution < 1.29 is 18.7 Å². The fourth-order valence-electron chi connectivity index (χ4n) is 6.93. The van der Waals surface area contributed by atoms with Crippen molar-refractivity contribution in [2.24, 2.45) is 11.8 Å². The van der Waals surface area contributed by atoms with Gasteiger partial charge in [-0.3, -0.25) is 9.59 Å². The van der Waals surface area contributed by atoms with E-state index in [2.05, 4.69) is 22.3 Å². The molecule has 0 bridgehead atoms. The number of amides is 2. The van der Waals surface area contributed by atoms with Gasteiger partial charge in [-0.2, -0.15) is 0 Å². The number of benzene rings is 1. The highest BCUT2D eigenvalue weighted by atomic mass is 19.1. The Labute approximate surface area is 208 Å². The normalized spacial score (nSPS) is 26.6. The molecule has 2 aliphatic heterocycles. The first-order valence-corrected chi connectivity index (χ1v) is 13.7. The Hall–Kier alpha value is -2.15. The fraction of sp³-hybridized carbons (Fsp3) is 0.714. The maximum Gasteiger partial charge on any atom is 0.254 e. The molecule has 0 aromatic heterocycles. The van der Waals surface area contributed by atoms with Crippen molar-refractivity contribution >= 4 is 17.5 Å². The second-order valence-corrected chi connectivity index (χ2v) is 10.8. The van der Waals surface area contributed by atoms with Gasteiger partial charge in [0.1, 0.15) is 6.67 Å². The lowest BCUT2D eigenvalue weighted by Crippen LogP contribution is -2.47. The van der Waals surface area contributed by atoms with E-state index < -0.39 is 6.67 Å². The molecule has 1 aromatic rings. The van der Waals surface area contributed by atoms with Crippen LogP contribution in [0.15, 0.2) is 18.2 Å². The summed E-state index contributed by atoms with van der Waals surface area (Å²) in [5.41, 5.74) is 3.33. The lowest BCUT2D eigenvalue weighted by atomic mass is 9.69. The summed E-state index contributed by atoms with van der Waals surface area (Å²) in [6, 6.07) is 7.42. The zero-order valence-electron chi connectivity index (χ0n) is 21.0. The third-order valence-electron chi connectivity index (χ3n) is 8.98. The molecular weight excluding hydrogens is 445 g/mol. The van der Waals surface area contributed by atoms with Crippen LogP contribution in [0, 0.1) is 11.8 Å². The van der Waals surface area contributed by atoms with Gasteiger partial charge in [0.25, 0.3) is 5.91 Å². The van der Waals surface area contributed by atoms with Crippen LogP contribution >= 0.6 is 0 Å². The van der Waals surface area contributed by atoms with E-state index in [0.29, 0.717) is 30.1 Å². The molecule has 5 rings (SSSR count). The quantitative estimate of drug-likeness (QED) is 0.597. The van der Waals surface area contributed by atoms with E-state index in [1.807, 2.05) is 13.0 Å². The van der Waals surface area contributed by atoms with Crippen LogP contribution in [0.1, 0.15) is 80.1 Å². The van der Waals surface area contributed by atoms with Crippen LogP contribution in [-0.2, 0) is 9.53 Å². The number of hydrogen-bond acceptors (Lipinski definition) is 4. The van der Waals surface area contributed by atoms with Gasteiger partial charge in [-0.05, 0) is 93.9 Å². The van der Waals surface area contributed by atoms with Crippen molar-refractivity contribution in [1.82, 2.24) is 10.2 Å². The summed E-state index contributed by atoms with van der Waals surface area (Å²) in [4.78, 5) is 29.8. The van der Waals surface area contributed by atoms with Crippen LogP contribution in [0.4, 0.5) is 10.1 Å². The summed E-state index contributed by atoms with van der Waals surface area (Å²) in [7, 11) is 0. The first kappa shape index (κ1) is 24.5. The monoisotopic (exact) mass is 485 g/mol. The van der Waals surface area contributed by atoms with Gasteiger partial charge in [0.15, 0.2) is 0 Å². The first-order valence-electron chi connectivity index (χ1n) is 13.7. The summed E-state index contributed by atoms with van der Waals surface area (Å²) in [6.45, 7) is 3.43. The average Bonchev–Trinajstić information content (AvgIpc) is 3.18. The number of anilines is 1.